The Morgan fingerprint density at radius 1 is 0.966 bits per heavy atom. The first-order valence-electron chi connectivity index (χ1n) is 9.61. The largest absolute Gasteiger partial charge is 0.454 e. The molecule has 4 heterocycles. The van der Waals surface area contributed by atoms with Gasteiger partial charge in [-0.1, -0.05) is 11.2 Å². The Morgan fingerprint density at radius 3 is 2.66 bits per heavy atom. The van der Waals surface area contributed by atoms with Crippen LogP contribution in [0.25, 0.3) is 0 Å². The Morgan fingerprint density at radius 2 is 1.83 bits per heavy atom. The van der Waals surface area contributed by atoms with E-state index in [4.69, 9.17) is 14.0 Å². The zero-order valence-electron chi connectivity index (χ0n) is 16.2. The van der Waals surface area contributed by atoms with Gasteiger partial charge in [-0.2, -0.15) is 0 Å². The third kappa shape index (κ3) is 3.95. The van der Waals surface area contributed by atoms with E-state index in [0.29, 0.717) is 18.4 Å². The van der Waals surface area contributed by atoms with Crippen LogP contribution in [-0.4, -0.2) is 53.0 Å². The van der Waals surface area contributed by atoms with Crippen molar-refractivity contribution in [2.24, 2.45) is 0 Å². The summed E-state index contributed by atoms with van der Waals surface area (Å²) in [6.07, 6.45) is 1.57. The van der Waals surface area contributed by atoms with E-state index < -0.39 is 0 Å². The lowest BCUT2D eigenvalue weighted by Crippen LogP contribution is -2.46. The molecule has 0 spiro atoms. The van der Waals surface area contributed by atoms with Crippen LogP contribution in [0.1, 0.15) is 11.3 Å². The number of nitrogens with zero attached hydrogens (tertiary/aromatic N) is 5. The van der Waals surface area contributed by atoms with E-state index in [1.807, 2.05) is 25.1 Å². The van der Waals surface area contributed by atoms with Crippen molar-refractivity contribution >= 4 is 17.5 Å². The fourth-order valence-corrected chi connectivity index (χ4v) is 3.58. The van der Waals surface area contributed by atoms with Gasteiger partial charge >= 0.3 is 0 Å². The Labute approximate surface area is 168 Å². The topological polar surface area (TPSA) is 88.8 Å². The molecular formula is C20H22N6O3. The van der Waals surface area contributed by atoms with Crippen LogP contribution in [0.15, 0.2) is 41.2 Å². The molecule has 5 rings (SSSR count). The van der Waals surface area contributed by atoms with E-state index in [1.54, 1.807) is 6.33 Å². The highest BCUT2D eigenvalue weighted by Gasteiger charge is 2.20. The van der Waals surface area contributed by atoms with Crippen LogP contribution in [0.2, 0.25) is 0 Å². The number of nitrogens with one attached hydrogen (secondary N) is 1. The molecule has 29 heavy (non-hydrogen) atoms. The average Bonchev–Trinajstić information content (AvgIpc) is 3.37. The van der Waals surface area contributed by atoms with Crippen molar-refractivity contribution in [1.82, 2.24) is 20.0 Å². The van der Waals surface area contributed by atoms with Crippen LogP contribution in [0.5, 0.6) is 11.5 Å². The van der Waals surface area contributed by atoms with Crippen molar-refractivity contribution in [3.8, 4) is 11.5 Å². The fourth-order valence-electron chi connectivity index (χ4n) is 3.58. The van der Waals surface area contributed by atoms with Crippen molar-refractivity contribution in [2.75, 3.05) is 43.2 Å². The molecule has 0 amide bonds. The molecule has 9 heteroatoms. The number of benzene rings is 1. The molecule has 0 aliphatic carbocycles. The van der Waals surface area contributed by atoms with Gasteiger partial charge in [-0.3, -0.25) is 4.90 Å². The summed E-state index contributed by atoms with van der Waals surface area (Å²) in [4.78, 5) is 13.4. The quantitative estimate of drug-likeness (QED) is 0.701. The second kappa shape index (κ2) is 7.59. The molecule has 3 aromatic rings. The van der Waals surface area contributed by atoms with Crippen LogP contribution < -0.4 is 19.7 Å². The van der Waals surface area contributed by atoms with Crippen LogP contribution in [-0.2, 0) is 6.54 Å². The SMILES string of the molecule is Cc1cc(Nc2cc(N3CCN(Cc4ccc5c(c4)OCO5)CC3)ncn2)no1. The van der Waals surface area contributed by atoms with E-state index >= 15 is 0 Å². The van der Waals surface area contributed by atoms with Gasteiger partial charge in [-0.05, 0) is 24.6 Å². The Kier molecular flexibility index (Phi) is 4.65. The van der Waals surface area contributed by atoms with Gasteiger partial charge in [0.05, 0.1) is 0 Å². The minimum Gasteiger partial charge on any atom is -0.454 e. The monoisotopic (exact) mass is 394 g/mol. The highest BCUT2D eigenvalue weighted by molar-refractivity contribution is 5.56. The van der Waals surface area contributed by atoms with Crippen molar-refractivity contribution in [3.63, 3.8) is 0 Å². The molecule has 0 saturated carbocycles. The number of rotatable bonds is 5. The molecule has 1 N–H and O–H groups in total. The number of aromatic nitrogens is 3. The second-order valence-corrected chi connectivity index (χ2v) is 7.16. The summed E-state index contributed by atoms with van der Waals surface area (Å²) in [5, 5.41) is 7.09. The highest BCUT2D eigenvalue weighted by Crippen LogP contribution is 2.33. The van der Waals surface area contributed by atoms with Gasteiger partial charge in [0.25, 0.3) is 0 Å². The van der Waals surface area contributed by atoms with Crippen LogP contribution >= 0.6 is 0 Å². The van der Waals surface area contributed by atoms with E-state index in [1.165, 1.54) is 5.56 Å². The molecular weight excluding hydrogens is 372 g/mol. The number of aryl methyl sites for hydroxylation is 1. The van der Waals surface area contributed by atoms with Gasteiger partial charge < -0.3 is 24.2 Å². The van der Waals surface area contributed by atoms with Gasteiger partial charge in [-0.25, -0.2) is 9.97 Å². The second-order valence-electron chi connectivity index (χ2n) is 7.16. The summed E-state index contributed by atoms with van der Waals surface area (Å²) >= 11 is 0. The van der Waals surface area contributed by atoms with Gasteiger partial charge in [-0.15, -0.1) is 0 Å². The van der Waals surface area contributed by atoms with E-state index in [0.717, 1.165) is 55.8 Å². The standard InChI is InChI=1S/C20H22N6O3/c1-14-8-19(24-29-14)23-18-10-20(22-12-21-18)26-6-4-25(5-7-26)11-15-2-3-16-17(9-15)28-13-27-16/h2-3,8-10,12H,4-7,11,13H2,1H3,(H,21,22,23,24). The van der Waals surface area contributed by atoms with Crippen molar-refractivity contribution in [1.29, 1.82) is 0 Å². The summed E-state index contributed by atoms with van der Waals surface area (Å²) in [6, 6.07) is 9.93. The average molecular weight is 394 g/mol. The predicted octanol–water partition coefficient (Wildman–Crippen LogP) is 2.57. The first-order valence-corrected chi connectivity index (χ1v) is 9.61. The molecule has 2 aliphatic rings. The van der Waals surface area contributed by atoms with Gasteiger partial charge in [0.1, 0.15) is 23.7 Å². The lowest BCUT2D eigenvalue weighted by Gasteiger charge is -2.35. The molecule has 2 aliphatic heterocycles. The van der Waals surface area contributed by atoms with Crippen LogP contribution in [0.3, 0.4) is 0 Å². The molecule has 1 saturated heterocycles. The number of piperazine rings is 1. The number of hydrogen-bond acceptors (Lipinski definition) is 9. The summed E-state index contributed by atoms with van der Waals surface area (Å²) in [5.74, 6) is 4.66. The van der Waals surface area contributed by atoms with Gasteiger partial charge in [0.15, 0.2) is 17.3 Å². The molecule has 150 valence electrons. The lowest BCUT2D eigenvalue weighted by atomic mass is 10.1. The van der Waals surface area contributed by atoms with E-state index in [-0.39, 0.29) is 0 Å². The molecule has 0 unspecified atom stereocenters. The Hall–Kier alpha value is -3.33. The number of hydrogen-bond donors (Lipinski definition) is 1. The third-order valence-corrected chi connectivity index (χ3v) is 5.08. The van der Waals surface area contributed by atoms with Crippen molar-refractivity contribution in [3.05, 3.63) is 48.0 Å². The first kappa shape index (κ1) is 17.7. The minimum absolute atomic E-state index is 0.309. The van der Waals surface area contributed by atoms with Crippen LogP contribution in [0.4, 0.5) is 17.5 Å². The van der Waals surface area contributed by atoms with Crippen molar-refractivity contribution < 1.29 is 14.0 Å². The Bertz CT molecular complexity index is 999. The fraction of sp³-hybridized carbons (Fsp3) is 0.350. The van der Waals surface area contributed by atoms with Crippen molar-refractivity contribution in [2.45, 2.75) is 13.5 Å². The molecule has 9 nitrogen and oxygen atoms in total. The maximum Gasteiger partial charge on any atom is 0.231 e. The van der Waals surface area contributed by atoms with Gasteiger partial charge in [0, 0.05) is 44.9 Å². The number of ether oxygens (including phenoxy) is 2. The smallest absolute Gasteiger partial charge is 0.231 e. The predicted molar refractivity (Wildman–Crippen MR) is 107 cm³/mol. The third-order valence-electron chi connectivity index (χ3n) is 5.08. The molecule has 1 aromatic carbocycles. The van der Waals surface area contributed by atoms with Crippen LogP contribution in [0, 0.1) is 6.92 Å². The molecule has 0 atom stereocenters. The zero-order chi connectivity index (χ0) is 19.6. The highest BCUT2D eigenvalue weighted by atomic mass is 16.7. The normalized spacial score (nSPS) is 16.2. The van der Waals surface area contributed by atoms with Gasteiger partial charge in [0.2, 0.25) is 6.79 Å². The maximum absolute atomic E-state index is 5.48. The molecule has 2 aromatic heterocycles. The summed E-state index contributed by atoms with van der Waals surface area (Å²) < 4.78 is 15.9. The summed E-state index contributed by atoms with van der Waals surface area (Å²) in [5.41, 5.74) is 1.24. The number of fused-ring (bicyclic) bond motifs is 1. The molecule has 1 fully saturated rings. The summed E-state index contributed by atoms with van der Waals surface area (Å²) in [7, 11) is 0. The molecule has 0 radical (unpaired) electrons. The number of anilines is 3. The first-order chi connectivity index (χ1) is 14.2. The Balaban J connectivity index is 1.19. The molecule has 0 bridgehead atoms. The van der Waals surface area contributed by atoms with E-state index in [9.17, 15) is 0 Å². The van der Waals surface area contributed by atoms with E-state index in [2.05, 4.69) is 42.4 Å². The zero-order valence-corrected chi connectivity index (χ0v) is 16.2. The maximum atomic E-state index is 5.48. The minimum atomic E-state index is 0.309. The summed E-state index contributed by atoms with van der Waals surface area (Å²) in [6.45, 7) is 6.80. The lowest BCUT2D eigenvalue weighted by molar-refractivity contribution is 0.174.